The maximum atomic E-state index is 14.7. The zero-order valence-corrected chi connectivity index (χ0v) is 20.6. The number of hydrogen-bond acceptors (Lipinski definition) is 4. The van der Waals surface area contributed by atoms with Crippen molar-refractivity contribution in [1.29, 1.82) is 0 Å². The first-order chi connectivity index (χ1) is 17.9. The Bertz CT molecular complexity index is 1350. The van der Waals surface area contributed by atoms with Crippen molar-refractivity contribution in [2.45, 2.75) is 39.7 Å². The predicted octanol–water partition coefficient (Wildman–Crippen LogP) is 5.76. The summed E-state index contributed by atoms with van der Waals surface area (Å²) in [6, 6.07) is 10.5. The SMILES string of the molecule is [2H]C([2H])([2H])N(C(=O)c1c(F)cccc1Cl)c1ccc(-c2cc(NC(C)=O)nn2C(C)C)cc1N1CCCC1. The minimum Gasteiger partial charge on any atom is -0.370 e. The number of anilines is 3. The van der Waals surface area contributed by atoms with E-state index in [1.54, 1.807) is 22.9 Å². The number of hydrogen-bond donors (Lipinski definition) is 1. The van der Waals surface area contributed by atoms with Gasteiger partial charge in [0.15, 0.2) is 5.82 Å². The van der Waals surface area contributed by atoms with Gasteiger partial charge in [0.2, 0.25) is 5.91 Å². The van der Waals surface area contributed by atoms with Crippen molar-refractivity contribution in [3.8, 4) is 11.3 Å². The van der Waals surface area contributed by atoms with Crippen LogP contribution in [0.15, 0.2) is 42.5 Å². The largest absolute Gasteiger partial charge is 0.370 e. The van der Waals surface area contributed by atoms with E-state index in [4.69, 9.17) is 15.7 Å². The molecule has 1 aliphatic heterocycles. The van der Waals surface area contributed by atoms with Crippen molar-refractivity contribution in [3.05, 3.63) is 58.9 Å². The molecule has 0 aliphatic carbocycles. The normalized spacial score (nSPS) is 15.0. The predicted molar refractivity (Wildman–Crippen MR) is 138 cm³/mol. The zero-order chi connectivity index (χ0) is 27.8. The van der Waals surface area contributed by atoms with Crippen LogP contribution < -0.4 is 15.1 Å². The number of benzene rings is 2. The van der Waals surface area contributed by atoms with Crippen molar-refractivity contribution in [2.75, 3.05) is 35.2 Å². The Labute approximate surface area is 213 Å². The lowest BCUT2D eigenvalue weighted by Gasteiger charge is -2.27. The van der Waals surface area contributed by atoms with Crippen LogP contribution in [0.4, 0.5) is 21.6 Å². The third-order valence-electron chi connectivity index (χ3n) is 5.87. The fourth-order valence-corrected chi connectivity index (χ4v) is 4.50. The molecule has 2 aromatic carbocycles. The Morgan fingerprint density at radius 3 is 2.57 bits per heavy atom. The second-order valence-corrected chi connectivity index (χ2v) is 9.18. The molecule has 0 atom stereocenters. The van der Waals surface area contributed by atoms with E-state index in [1.807, 2.05) is 24.8 Å². The summed E-state index contributed by atoms with van der Waals surface area (Å²) < 4.78 is 41.0. The first-order valence-electron chi connectivity index (χ1n) is 12.9. The molecule has 2 amide bonds. The molecule has 0 spiro atoms. The van der Waals surface area contributed by atoms with Gasteiger partial charge in [-0.05, 0) is 51.0 Å². The van der Waals surface area contributed by atoms with Gasteiger partial charge in [0.1, 0.15) is 5.82 Å². The van der Waals surface area contributed by atoms with Crippen LogP contribution in [0.25, 0.3) is 11.3 Å². The maximum absolute atomic E-state index is 14.7. The molecule has 1 aliphatic rings. The summed E-state index contributed by atoms with van der Waals surface area (Å²) in [4.78, 5) is 27.8. The number of amides is 2. The van der Waals surface area contributed by atoms with Gasteiger partial charge in [0.05, 0.1) is 27.7 Å². The lowest BCUT2D eigenvalue weighted by molar-refractivity contribution is -0.114. The van der Waals surface area contributed by atoms with Crippen molar-refractivity contribution in [3.63, 3.8) is 0 Å². The molecular weight excluding hydrogens is 469 g/mol. The van der Waals surface area contributed by atoms with Crippen molar-refractivity contribution < 1.29 is 18.1 Å². The fraction of sp³-hybridized carbons (Fsp3) is 0.346. The van der Waals surface area contributed by atoms with Gasteiger partial charge in [-0.3, -0.25) is 14.3 Å². The monoisotopic (exact) mass is 500 g/mol. The fourth-order valence-electron chi connectivity index (χ4n) is 4.25. The van der Waals surface area contributed by atoms with E-state index in [0.29, 0.717) is 35.2 Å². The lowest BCUT2D eigenvalue weighted by atomic mass is 10.1. The Morgan fingerprint density at radius 2 is 1.94 bits per heavy atom. The summed E-state index contributed by atoms with van der Waals surface area (Å²) in [5.41, 5.74) is 1.57. The number of rotatable bonds is 6. The first-order valence-corrected chi connectivity index (χ1v) is 11.8. The zero-order valence-electron chi connectivity index (χ0n) is 22.8. The molecule has 35 heavy (non-hydrogen) atoms. The molecule has 0 saturated carbocycles. The number of halogens is 2. The van der Waals surface area contributed by atoms with Crippen LogP contribution in [0.3, 0.4) is 0 Å². The van der Waals surface area contributed by atoms with Gasteiger partial charge in [0, 0.05) is 48.8 Å². The molecule has 1 saturated heterocycles. The highest BCUT2D eigenvalue weighted by Gasteiger charge is 2.26. The molecule has 3 aromatic rings. The highest BCUT2D eigenvalue weighted by atomic mass is 35.5. The summed E-state index contributed by atoms with van der Waals surface area (Å²) in [5, 5.41) is 7.02. The third-order valence-corrected chi connectivity index (χ3v) is 6.18. The van der Waals surface area contributed by atoms with Gasteiger partial charge in [-0.2, -0.15) is 5.10 Å². The van der Waals surface area contributed by atoms with Gasteiger partial charge in [-0.1, -0.05) is 23.7 Å². The molecule has 0 bridgehead atoms. The van der Waals surface area contributed by atoms with Crippen LogP contribution in [0, 0.1) is 5.82 Å². The highest BCUT2D eigenvalue weighted by Crippen LogP contribution is 2.38. The highest BCUT2D eigenvalue weighted by molar-refractivity contribution is 6.34. The number of nitrogens with one attached hydrogen (secondary N) is 1. The number of carbonyl (C=O) groups excluding carboxylic acids is 2. The number of aromatic nitrogens is 2. The van der Waals surface area contributed by atoms with E-state index in [-0.39, 0.29) is 22.7 Å². The molecular formula is C26H29ClFN5O2. The van der Waals surface area contributed by atoms with E-state index in [0.717, 1.165) is 24.5 Å². The molecule has 7 nitrogen and oxygen atoms in total. The minimum atomic E-state index is -2.92. The standard InChI is InChI=1S/C26H29ClFN5O2/c1-16(2)33-22(15-24(30-33)29-17(3)34)18-10-11-21(23(14-18)32-12-5-6-13-32)31(4)26(35)25-19(27)8-7-9-20(25)28/h7-11,14-16H,5-6,12-13H2,1-4H3,(H,29,30,34)/i4D3. The summed E-state index contributed by atoms with van der Waals surface area (Å²) in [6.45, 7) is 3.72. The molecule has 1 aromatic heterocycles. The second kappa shape index (κ2) is 10.1. The van der Waals surface area contributed by atoms with Crippen LogP contribution in [0.2, 0.25) is 5.02 Å². The minimum absolute atomic E-state index is 0.0360. The molecule has 0 radical (unpaired) electrons. The summed E-state index contributed by atoms with van der Waals surface area (Å²) in [7, 11) is 0. The summed E-state index contributed by atoms with van der Waals surface area (Å²) in [6.07, 6.45) is 1.81. The van der Waals surface area contributed by atoms with Crippen LogP contribution in [0.1, 0.15) is 54.1 Å². The summed E-state index contributed by atoms with van der Waals surface area (Å²) >= 11 is 6.14. The summed E-state index contributed by atoms with van der Waals surface area (Å²) in [5.74, 6) is -1.82. The van der Waals surface area contributed by atoms with Crippen LogP contribution in [-0.2, 0) is 4.79 Å². The Kier molecular flexibility index (Phi) is 6.03. The van der Waals surface area contributed by atoms with Gasteiger partial charge in [-0.15, -0.1) is 0 Å². The Hall–Kier alpha value is -3.39. The molecule has 1 N–H and O–H groups in total. The smallest absolute Gasteiger partial charge is 0.262 e. The topological polar surface area (TPSA) is 70.5 Å². The van der Waals surface area contributed by atoms with Gasteiger partial charge < -0.3 is 15.1 Å². The molecule has 184 valence electrons. The van der Waals surface area contributed by atoms with E-state index in [1.165, 1.54) is 19.1 Å². The molecule has 1 fully saturated rings. The van der Waals surface area contributed by atoms with Crippen LogP contribution in [0.5, 0.6) is 0 Å². The number of carbonyl (C=O) groups is 2. The Balaban J connectivity index is 1.90. The third kappa shape index (κ3) is 5.03. The van der Waals surface area contributed by atoms with E-state index < -0.39 is 24.3 Å². The van der Waals surface area contributed by atoms with E-state index in [9.17, 15) is 14.0 Å². The average molecular weight is 501 g/mol. The molecule has 9 heteroatoms. The molecule has 0 unspecified atom stereocenters. The first kappa shape index (κ1) is 20.9. The van der Waals surface area contributed by atoms with E-state index >= 15 is 0 Å². The van der Waals surface area contributed by atoms with Crippen molar-refractivity contribution in [1.82, 2.24) is 9.78 Å². The van der Waals surface area contributed by atoms with Crippen molar-refractivity contribution >= 4 is 40.6 Å². The van der Waals surface area contributed by atoms with Gasteiger partial charge in [-0.25, -0.2) is 4.39 Å². The second-order valence-electron chi connectivity index (χ2n) is 8.77. The molecule has 2 heterocycles. The van der Waals surface area contributed by atoms with Crippen LogP contribution in [-0.4, -0.2) is 41.7 Å². The van der Waals surface area contributed by atoms with E-state index in [2.05, 4.69) is 10.4 Å². The molecule has 4 rings (SSSR count). The lowest BCUT2D eigenvalue weighted by Crippen LogP contribution is -2.30. The quantitative estimate of drug-likeness (QED) is 0.467. The maximum Gasteiger partial charge on any atom is 0.262 e. The van der Waals surface area contributed by atoms with Crippen molar-refractivity contribution in [2.24, 2.45) is 0 Å². The van der Waals surface area contributed by atoms with Gasteiger partial charge >= 0.3 is 0 Å². The number of nitrogens with zero attached hydrogens (tertiary/aromatic N) is 4. The van der Waals surface area contributed by atoms with Crippen LogP contribution >= 0.6 is 11.6 Å². The average Bonchev–Trinajstić information content (AvgIpc) is 3.48. The van der Waals surface area contributed by atoms with Gasteiger partial charge in [0.25, 0.3) is 5.91 Å². The Morgan fingerprint density at radius 1 is 1.20 bits per heavy atom.